The Hall–Kier alpha value is -3.06. The van der Waals surface area contributed by atoms with E-state index in [9.17, 15) is 4.79 Å². The van der Waals surface area contributed by atoms with Gasteiger partial charge < -0.3 is 15.4 Å². The summed E-state index contributed by atoms with van der Waals surface area (Å²) in [5.41, 5.74) is 7.09. The van der Waals surface area contributed by atoms with E-state index in [0.717, 1.165) is 22.3 Å². The van der Waals surface area contributed by atoms with Crippen molar-refractivity contribution in [2.24, 2.45) is 5.73 Å². The number of hydrogen-bond donors (Lipinski definition) is 1. The van der Waals surface area contributed by atoms with Crippen LogP contribution in [-0.4, -0.2) is 46.7 Å². The van der Waals surface area contributed by atoms with Crippen molar-refractivity contribution in [3.63, 3.8) is 0 Å². The van der Waals surface area contributed by atoms with E-state index in [1.807, 2.05) is 41.3 Å². The van der Waals surface area contributed by atoms with Crippen LogP contribution in [0.2, 0.25) is 0 Å². The van der Waals surface area contributed by atoms with Gasteiger partial charge in [0.25, 0.3) is 0 Å². The highest BCUT2D eigenvalue weighted by molar-refractivity contribution is 5.91. The molecule has 2 N–H and O–H groups in total. The van der Waals surface area contributed by atoms with Crippen molar-refractivity contribution >= 4 is 22.6 Å². The normalized spacial score (nSPS) is 17.6. The Morgan fingerprint density at radius 1 is 1.20 bits per heavy atom. The number of carbonyl (C=O) groups excluding carboxylic acids is 1. The Morgan fingerprint density at radius 2 is 2.08 bits per heavy atom. The lowest BCUT2D eigenvalue weighted by Crippen LogP contribution is -2.48. The topological polar surface area (TPSA) is 94.2 Å². The number of carbonyl (C=O) groups is 1. The van der Waals surface area contributed by atoms with E-state index < -0.39 is 12.0 Å². The Bertz CT molecular complexity index is 916. The van der Waals surface area contributed by atoms with Gasteiger partial charge in [-0.25, -0.2) is 9.97 Å². The third-order valence-electron chi connectivity index (χ3n) is 4.19. The predicted octanol–water partition coefficient (Wildman–Crippen LogP) is 1.38. The maximum absolute atomic E-state index is 11.5. The molecule has 1 aliphatic heterocycles. The molecule has 0 saturated carbocycles. The summed E-state index contributed by atoms with van der Waals surface area (Å²) in [6, 6.07) is 11.6. The van der Waals surface area contributed by atoms with Gasteiger partial charge in [0.1, 0.15) is 5.82 Å². The second-order valence-electron chi connectivity index (χ2n) is 5.84. The van der Waals surface area contributed by atoms with Crippen molar-refractivity contribution in [1.29, 1.82) is 0 Å². The highest BCUT2D eigenvalue weighted by atomic mass is 16.5. The average molecular weight is 335 g/mol. The van der Waals surface area contributed by atoms with E-state index in [0.29, 0.717) is 25.5 Å². The Kier molecular flexibility index (Phi) is 3.99. The van der Waals surface area contributed by atoms with Crippen molar-refractivity contribution in [2.75, 3.05) is 24.6 Å². The molecule has 0 bridgehead atoms. The molecular formula is C18H17N5O2. The minimum atomic E-state index is -0.635. The number of nitrogens with two attached hydrogens (primary N) is 1. The fraction of sp³-hybridized carbons (Fsp3) is 0.222. The lowest BCUT2D eigenvalue weighted by atomic mass is 10.1. The molecule has 1 unspecified atom stereocenters. The molecule has 0 aliphatic carbocycles. The minimum absolute atomic E-state index is 0.378. The first-order valence-electron chi connectivity index (χ1n) is 8.05. The smallest absolute Gasteiger partial charge is 0.248 e. The second kappa shape index (κ2) is 6.45. The van der Waals surface area contributed by atoms with Gasteiger partial charge in [-0.1, -0.05) is 12.1 Å². The zero-order valence-corrected chi connectivity index (χ0v) is 13.5. The first-order valence-corrected chi connectivity index (χ1v) is 8.05. The summed E-state index contributed by atoms with van der Waals surface area (Å²) in [5.74, 6) is 0.915. The zero-order chi connectivity index (χ0) is 17.2. The molecule has 7 nitrogen and oxygen atoms in total. The van der Waals surface area contributed by atoms with Crippen LogP contribution in [0.4, 0.5) is 5.82 Å². The van der Waals surface area contributed by atoms with Crippen LogP contribution < -0.4 is 10.6 Å². The van der Waals surface area contributed by atoms with E-state index in [1.54, 1.807) is 12.4 Å². The quantitative estimate of drug-likeness (QED) is 0.777. The molecule has 3 heterocycles. The summed E-state index contributed by atoms with van der Waals surface area (Å²) >= 11 is 0. The van der Waals surface area contributed by atoms with Gasteiger partial charge in [0.05, 0.1) is 18.7 Å². The van der Waals surface area contributed by atoms with Crippen LogP contribution in [0.1, 0.15) is 0 Å². The van der Waals surface area contributed by atoms with Gasteiger partial charge in [0.2, 0.25) is 5.91 Å². The summed E-state index contributed by atoms with van der Waals surface area (Å²) in [7, 11) is 0. The van der Waals surface area contributed by atoms with Crippen LogP contribution >= 0.6 is 0 Å². The van der Waals surface area contributed by atoms with E-state index in [2.05, 4.69) is 9.97 Å². The number of rotatable bonds is 3. The molecule has 4 rings (SSSR count). The lowest BCUT2D eigenvalue weighted by molar-refractivity contribution is -0.130. The van der Waals surface area contributed by atoms with Crippen molar-refractivity contribution in [3.05, 3.63) is 48.8 Å². The summed E-state index contributed by atoms with van der Waals surface area (Å²) in [4.78, 5) is 27.1. The molecule has 126 valence electrons. The lowest BCUT2D eigenvalue weighted by Gasteiger charge is -2.33. The van der Waals surface area contributed by atoms with Crippen LogP contribution in [0.3, 0.4) is 0 Å². The molecule has 0 spiro atoms. The highest BCUT2D eigenvalue weighted by Crippen LogP contribution is 2.28. The first kappa shape index (κ1) is 15.5. The number of benzene rings is 1. The minimum Gasteiger partial charge on any atom is -0.367 e. The van der Waals surface area contributed by atoms with Gasteiger partial charge in [-0.15, -0.1) is 0 Å². The van der Waals surface area contributed by atoms with Gasteiger partial charge in [-0.3, -0.25) is 9.78 Å². The highest BCUT2D eigenvalue weighted by Gasteiger charge is 2.27. The third kappa shape index (κ3) is 3.01. The maximum Gasteiger partial charge on any atom is 0.248 e. The molecule has 7 heteroatoms. The van der Waals surface area contributed by atoms with E-state index in [4.69, 9.17) is 15.5 Å². The number of anilines is 1. The third-order valence-corrected chi connectivity index (χ3v) is 4.19. The molecule has 1 amide bonds. The van der Waals surface area contributed by atoms with Crippen molar-refractivity contribution in [2.45, 2.75) is 6.10 Å². The summed E-state index contributed by atoms with van der Waals surface area (Å²) in [6.45, 7) is 1.44. The fourth-order valence-corrected chi connectivity index (χ4v) is 2.94. The van der Waals surface area contributed by atoms with Crippen molar-refractivity contribution < 1.29 is 9.53 Å². The van der Waals surface area contributed by atoms with E-state index >= 15 is 0 Å². The number of morpholine rings is 1. The van der Waals surface area contributed by atoms with Gasteiger partial charge in [-0.2, -0.15) is 0 Å². The van der Waals surface area contributed by atoms with Crippen LogP contribution in [0.5, 0.6) is 0 Å². The molecule has 1 aliphatic rings. The molecule has 1 atom stereocenters. The Labute approximate surface area is 144 Å². The first-order chi connectivity index (χ1) is 12.2. The number of primary amides is 1. The van der Waals surface area contributed by atoms with Crippen molar-refractivity contribution in [1.82, 2.24) is 15.0 Å². The van der Waals surface area contributed by atoms with Crippen LogP contribution in [0.25, 0.3) is 22.3 Å². The van der Waals surface area contributed by atoms with Crippen LogP contribution in [-0.2, 0) is 9.53 Å². The van der Waals surface area contributed by atoms with Gasteiger partial charge >= 0.3 is 0 Å². The number of para-hydroxylation sites is 1. The molecule has 25 heavy (non-hydrogen) atoms. The van der Waals surface area contributed by atoms with E-state index in [1.165, 1.54) is 0 Å². The second-order valence-corrected chi connectivity index (χ2v) is 5.84. The summed E-state index contributed by atoms with van der Waals surface area (Å²) in [5, 5.41) is 0.931. The summed E-state index contributed by atoms with van der Waals surface area (Å²) < 4.78 is 5.45. The Balaban J connectivity index is 1.83. The standard InChI is InChI=1S/C18H17N5O2/c19-16(24)15-11-23(8-9-25-15)18-13-5-1-2-6-14(13)21-17(22-18)12-4-3-7-20-10-12/h1-7,10,15H,8-9,11H2,(H2,19,24). The average Bonchev–Trinajstić information content (AvgIpc) is 2.68. The Morgan fingerprint density at radius 3 is 2.88 bits per heavy atom. The zero-order valence-electron chi connectivity index (χ0n) is 13.5. The molecule has 0 radical (unpaired) electrons. The number of amides is 1. The number of ether oxygens (including phenoxy) is 1. The molecule has 3 aromatic rings. The monoisotopic (exact) mass is 335 g/mol. The molecule has 1 aromatic carbocycles. The fourth-order valence-electron chi connectivity index (χ4n) is 2.94. The summed E-state index contributed by atoms with van der Waals surface area (Å²) in [6.07, 6.45) is 2.81. The molecule has 1 fully saturated rings. The van der Waals surface area contributed by atoms with Gasteiger partial charge in [-0.05, 0) is 24.3 Å². The SMILES string of the molecule is NC(=O)C1CN(c2nc(-c3cccnc3)nc3ccccc23)CCO1. The number of nitrogens with zero attached hydrogens (tertiary/aromatic N) is 4. The van der Waals surface area contributed by atoms with Crippen LogP contribution in [0.15, 0.2) is 48.8 Å². The largest absolute Gasteiger partial charge is 0.367 e. The van der Waals surface area contributed by atoms with Gasteiger partial charge in [0, 0.05) is 29.9 Å². The number of aromatic nitrogens is 3. The number of hydrogen-bond acceptors (Lipinski definition) is 6. The number of pyridine rings is 1. The molecular weight excluding hydrogens is 318 g/mol. The molecule has 1 saturated heterocycles. The number of fused-ring (bicyclic) bond motifs is 1. The van der Waals surface area contributed by atoms with E-state index in [-0.39, 0.29) is 0 Å². The van der Waals surface area contributed by atoms with Crippen LogP contribution in [0, 0.1) is 0 Å². The maximum atomic E-state index is 11.5. The predicted molar refractivity (Wildman–Crippen MR) is 93.9 cm³/mol. The van der Waals surface area contributed by atoms with Crippen molar-refractivity contribution in [3.8, 4) is 11.4 Å². The molecule has 2 aromatic heterocycles. The van der Waals surface area contributed by atoms with Gasteiger partial charge in [0.15, 0.2) is 11.9 Å².